The van der Waals surface area contributed by atoms with Gasteiger partial charge in [0.25, 0.3) is 0 Å². The van der Waals surface area contributed by atoms with Crippen LogP contribution >= 0.6 is 0 Å². The van der Waals surface area contributed by atoms with Crippen molar-refractivity contribution in [2.45, 2.75) is 58.0 Å². The maximum absolute atomic E-state index is 12.9. The third kappa shape index (κ3) is 2.11. The molecule has 2 aliphatic carbocycles. The van der Waals surface area contributed by atoms with E-state index in [9.17, 15) is 9.59 Å². The molecule has 7 atom stereocenters. The molecule has 138 valence electrons. The molecule has 5 rings (SSSR count). The van der Waals surface area contributed by atoms with E-state index in [1.807, 2.05) is 0 Å². The minimum Gasteiger partial charge on any atom is -0.465 e. The molecule has 3 saturated heterocycles. The predicted molar refractivity (Wildman–Crippen MR) is 88.5 cm³/mol. The van der Waals surface area contributed by atoms with Gasteiger partial charge in [0.05, 0.1) is 25.0 Å². The van der Waals surface area contributed by atoms with E-state index in [-0.39, 0.29) is 40.7 Å². The number of carbonyl (C=O) groups is 2. The van der Waals surface area contributed by atoms with Gasteiger partial charge in [-0.2, -0.15) is 0 Å². The van der Waals surface area contributed by atoms with E-state index >= 15 is 0 Å². The van der Waals surface area contributed by atoms with Gasteiger partial charge >= 0.3 is 11.9 Å². The highest BCUT2D eigenvalue weighted by Crippen LogP contribution is 2.66. The smallest absolute Gasteiger partial charge is 0.309 e. The van der Waals surface area contributed by atoms with Crippen LogP contribution in [0, 0.1) is 34.5 Å². The van der Waals surface area contributed by atoms with Gasteiger partial charge in [0.1, 0.15) is 6.10 Å². The molecule has 1 spiro atoms. The van der Waals surface area contributed by atoms with E-state index in [0.29, 0.717) is 25.0 Å². The van der Waals surface area contributed by atoms with Crippen molar-refractivity contribution in [3.8, 4) is 0 Å². The molecule has 0 bridgehead atoms. The molecule has 0 radical (unpaired) electrons. The van der Waals surface area contributed by atoms with Crippen LogP contribution in [0.3, 0.4) is 0 Å². The summed E-state index contributed by atoms with van der Waals surface area (Å²) in [7, 11) is 0. The summed E-state index contributed by atoms with van der Waals surface area (Å²) in [6, 6.07) is 0. The fraction of sp³-hybridized carbons (Fsp3) is 0.900. The molecule has 0 aromatic carbocycles. The molecule has 0 aromatic heterocycles. The number of ether oxygens (including phenoxy) is 3. The fourth-order valence-electron chi connectivity index (χ4n) is 7.08. The Kier molecular flexibility index (Phi) is 3.51. The van der Waals surface area contributed by atoms with Gasteiger partial charge in [-0.3, -0.25) is 9.59 Å². The minimum absolute atomic E-state index is 0.00544. The first-order chi connectivity index (χ1) is 12.0. The zero-order chi connectivity index (χ0) is 17.2. The molecule has 3 heterocycles. The van der Waals surface area contributed by atoms with Crippen molar-refractivity contribution < 1.29 is 23.8 Å². The molecule has 5 nitrogen and oxygen atoms in total. The number of rotatable bonds is 1. The second-order valence-electron chi connectivity index (χ2n) is 9.28. The van der Waals surface area contributed by atoms with Gasteiger partial charge < -0.3 is 14.2 Å². The normalized spacial score (nSPS) is 52.0. The Morgan fingerprint density at radius 2 is 1.92 bits per heavy atom. The van der Waals surface area contributed by atoms with Gasteiger partial charge in [-0.25, -0.2) is 0 Å². The van der Waals surface area contributed by atoms with E-state index < -0.39 is 0 Å². The summed E-state index contributed by atoms with van der Waals surface area (Å²) in [4.78, 5) is 25.2. The molecule has 0 N–H and O–H groups in total. The van der Waals surface area contributed by atoms with E-state index in [1.54, 1.807) is 0 Å². The quantitative estimate of drug-likeness (QED) is 0.682. The predicted octanol–water partition coefficient (Wildman–Crippen LogP) is 2.71. The van der Waals surface area contributed by atoms with Crippen LogP contribution in [-0.4, -0.2) is 37.9 Å². The van der Waals surface area contributed by atoms with Crippen molar-refractivity contribution in [3.63, 3.8) is 0 Å². The summed E-state index contributed by atoms with van der Waals surface area (Å²) in [5.74, 6) is 0.757. The fourth-order valence-corrected chi connectivity index (χ4v) is 7.08. The first-order valence-corrected chi connectivity index (χ1v) is 9.99. The summed E-state index contributed by atoms with van der Waals surface area (Å²) >= 11 is 0. The van der Waals surface area contributed by atoms with Crippen molar-refractivity contribution >= 4 is 11.9 Å². The van der Waals surface area contributed by atoms with Crippen LogP contribution in [0.25, 0.3) is 0 Å². The summed E-state index contributed by atoms with van der Waals surface area (Å²) < 4.78 is 17.0. The Labute approximate surface area is 148 Å². The molecular formula is C20H28O5. The summed E-state index contributed by atoms with van der Waals surface area (Å²) in [6.45, 7) is 4.35. The van der Waals surface area contributed by atoms with Crippen LogP contribution in [0.15, 0.2) is 0 Å². The van der Waals surface area contributed by atoms with Crippen molar-refractivity contribution in [2.24, 2.45) is 34.5 Å². The number of fused-ring (bicyclic) bond motifs is 2. The zero-order valence-corrected chi connectivity index (χ0v) is 15.0. The van der Waals surface area contributed by atoms with Gasteiger partial charge in [-0.05, 0) is 49.9 Å². The Morgan fingerprint density at radius 1 is 1.04 bits per heavy atom. The third-order valence-corrected chi connectivity index (χ3v) is 8.32. The highest BCUT2D eigenvalue weighted by molar-refractivity contribution is 5.77. The average molecular weight is 348 g/mol. The topological polar surface area (TPSA) is 61.8 Å². The lowest BCUT2D eigenvalue weighted by atomic mass is 9.44. The van der Waals surface area contributed by atoms with E-state index in [2.05, 4.69) is 6.92 Å². The van der Waals surface area contributed by atoms with Crippen LogP contribution in [0.4, 0.5) is 0 Å². The SMILES string of the molecule is C[C@]12C[C@H]([C@H]3CCOC3)OC(=O)[C@@H]1CC[C@@]13COC(=O)[C@@H]1CCC[C@H]23. The summed E-state index contributed by atoms with van der Waals surface area (Å²) in [6.07, 6.45) is 6.80. The summed E-state index contributed by atoms with van der Waals surface area (Å²) in [5.41, 5.74) is -0.109. The van der Waals surface area contributed by atoms with Crippen molar-refractivity contribution in [3.05, 3.63) is 0 Å². The number of hydrogen-bond donors (Lipinski definition) is 0. The second-order valence-corrected chi connectivity index (χ2v) is 9.28. The van der Waals surface area contributed by atoms with Crippen LogP contribution < -0.4 is 0 Å². The van der Waals surface area contributed by atoms with Crippen LogP contribution in [0.1, 0.15) is 51.9 Å². The molecular weight excluding hydrogens is 320 g/mol. The van der Waals surface area contributed by atoms with Crippen molar-refractivity contribution in [2.75, 3.05) is 19.8 Å². The molecule has 5 aliphatic rings. The monoisotopic (exact) mass is 348 g/mol. The highest BCUT2D eigenvalue weighted by Gasteiger charge is 2.67. The second kappa shape index (κ2) is 5.45. The molecule has 0 unspecified atom stereocenters. The zero-order valence-electron chi connectivity index (χ0n) is 15.0. The lowest BCUT2D eigenvalue weighted by Gasteiger charge is -2.60. The lowest BCUT2D eigenvalue weighted by Crippen LogP contribution is -2.60. The lowest BCUT2D eigenvalue weighted by molar-refractivity contribution is -0.203. The van der Waals surface area contributed by atoms with Gasteiger partial charge in [-0.15, -0.1) is 0 Å². The molecule has 0 aromatic rings. The molecule has 5 heteroatoms. The molecule has 0 amide bonds. The Hall–Kier alpha value is -1.10. The largest absolute Gasteiger partial charge is 0.465 e. The van der Waals surface area contributed by atoms with Crippen LogP contribution in [0.5, 0.6) is 0 Å². The maximum atomic E-state index is 12.9. The Bertz CT molecular complexity index is 597. The minimum atomic E-state index is -0.0759. The maximum Gasteiger partial charge on any atom is 0.309 e. The van der Waals surface area contributed by atoms with Crippen LogP contribution in [-0.2, 0) is 23.8 Å². The summed E-state index contributed by atoms with van der Waals surface area (Å²) in [5, 5.41) is 0. The average Bonchev–Trinajstić information content (AvgIpc) is 3.23. The number of esters is 2. The Balaban J connectivity index is 1.50. The molecule has 3 aliphatic heterocycles. The van der Waals surface area contributed by atoms with Gasteiger partial charge in [-0.1, -0.05) is 13.3 Å². The first-order valence-electron chi connectivity index (χ1n) is 9.99. The highest BCUT2D eigenvalue weighted by atomic mass is 16.6. The van der Waals surface area contributed by atoms with Crippen molar-refractivity contribution in [1.82, 2.24) is 0 Å². The van der Waals surface area contributed by atoms with Gasteiger partial charge in [0, 0.05) is 17.9 Å². The van der Waals surface area contributed by atoms with E-state index in [0.717, 1.165) is 51.6 Å². The molecule has 2 saturated carbocycles. The van der Waals surface area contributed by atoms with E-state index in [1.165, 1.54) is 0 Å². The van der Waals surface area contributed by atoms with Gasteiger partial charge in [0.15, 0.2) is 0 Å². The molecule has 5 fully saturated rings. The Morgan fingerprint density at radius 3 is 2.72 bits per heavy atom. The molecule has 25 heavy (non-hydrogen) atoms. The number of hydrogen-bond acceptors (Lipinski definition) is 5. The van der Waals surface area contributed by atoms with Crippen molar-refractivity contribution in [1.29, 1.82) is 0 Å². The standard InChI is InChI=1S/C20H28O5/c1-19-9-15(12-6-8-23-10-12)25-18(22)13(19)5-7-20-11-24-17(21)14(20)3-2-4-16(19)20/h12-16H,2-11H2,1H3/t12-,13-,14-,15+,16+,19-,20+/m0/s1. The number of cyclic esters (lactones) is 2. The van der Waals surface area contributed by atoms with Crippen LogP contribution in [0.2, 0.25) is 0 Å². The third-order valence-electron chi connectivity index (χ3n) is 8.32. The first kappa shape index (κ1) is 16.1. The number of carbonyl (C=O) groups excluding carboxylic acids is 2. The van der Waals surface area contributed by atoms with E-state index in [4.69, 9.17) is 14.2 Å². The van der Waals surface area contributed by atoms with Gasteiger partial charge in [0.2, 0.25) is 0 Å².